The Hall–Kier alpha value is -2.95. The van der Waals surface area contributed by atoms with Crippen LogP contribution in [0, 0.1) is 10.8 Å². The molecule has 0 bridgehead atoms. The molecule has 0 aliphatic rings. The molecule has 4 N–H and O–H groups in total. The first kappa shape index (κ1) is 14.5. The zero-order valence-electron chi connectivity index (χ0n) is 11.6. The Morgan fingerprint density at radius 2 is 1.81 bits per heavy atom. The number of amidine groups is 1. The van der Waals surface area contributed by atoms with Crippen LogP contribution in [0.2, 0.25) is 0 Å². The monoisotopic (exact) mass is 280 g/mol. The van der Waals surface area contributed by atoms with Crippen molar-refractivity contribution in [2.75, 3.05) is 10.6 Å². The molecule has 2 rings (SSSR count). The second kappa shape index (κ2) is 6.47. The van der Waals surface area contributed by atoms with Gasteiger partial charge in [0.05, 0.1) is 0 Å². The second-order valence-corrected chi connectivity index (χ2v) is 4.49. The van der Waals surface area contributed by atoms with Crippen molar-refractivity contribution in [3.8, 4) is 0 Å². The standard InChI is InChI=1S/C16H16N4O/c1-11(21)19-15-8-7-14(9-13(15)10-17)20-16(18)12-5-3-2-4-6-12/h2-10,17H,1H3,(H2,18,20)(H,19,21). The quantitative estimate of drug-likeness (QED) is 0.512. The molecule has 0 saturated carbocycles. The van der Waals surface area contributed by atoms with Gasteiger partial charge in [0.2, 0.25) is 5.91 Å². The Morgan fingerprint density at radius 1 is 1.10 bits per heavy atom. The predicted molar refractivity (Wildman–Crippen MR) is 85.5 cm³/mol. The van der Waals surface area contributed by atoms with Gasteiger partial charge in [-0.3, -0.25) is 10.2 Å². The summed E-state index contributed by atoms with van der Waals surface area (Å²) in [6, 6.07) is 14.5. The number of amides is 1. The minimum Gasteiger partial charge on any atom is -0.340 e. The number of hydrogen-bond donors (Lipinski definition) is 4. The van der Waals surface area contributed by atoms with Crippen molar-refractivity contribution in [1.29, 1.82) is 10.8 Å². The second-order valence-electron chi connectivity index (χ2n) is 4.49. The Kier molecular flexibility index (Phi) is 4.46. The molecule has 2 aromatic carbocycles. The third-order valence-corrected chi connectivity index (χ3v) is 2.85. The van der Waals surface area contributed by atoms with Crippen molar-refractivity contribution in [1.82, 2.24) is 0 Å². The Balaban J connectivity index is 2.20. The van der Waals surface area contributed by atoms with Crippen molar-refractivity contribution in [2.45, 2.75) is 6.92 Å². The van der Waals surface area contributed by atoms with E-state index in [4.69, 9.17) is 10.8 Å². The Morgan fingerprint density at radius 3 is 2.43 bits per heavy atom. The van der Waals surface area contributed by atoms with Crippen LogP contribution in [-0.4, -0.2) is 18.0 Å². The lowest BCUT2D eigenvalue weighted by Gasteiger charge is -2.11. The van der Waals surface area contributed by atoms with Crippen molar-refractivity contribution in [3.63, 3.8) is 0 Å². The van der Waals surface area contributed by atoms with Crippen LogP contribution in [0.4, 0.5) is 11.4 Å². The number of carbonyl (C=O) groups excluding carboxylic acids is 1. The molecule has 0 aliphatic carbocycles. The van der Waals surface area contributed by atoms with Crippen LogP contribution in [0.5, 0.6) is 0 Å². The van der Waals surface area contributed by atoms with E-state index in [9.17, 15) is 4.79 Å². The summed E-state index contributed by atoms with van der Waals surface area (Å²) in [4.78, 5) is 11.1. The summed E-state index contributed by atoms with van der Waals surface area (Å²) in [5.74, 6) is 0.0923. The molecule has 0 unspecified atom stereocenters. The maximum Gasteiger partial charge on any atom is 0.221 e. The fraction of sp³-hybridized carbons (Fsp3) is 0.0625. The normalized spacial score (nSPS) is 9.76. The molecular formula is C16H16N4O. The van der Waals surface area contributed by atoms with E-state index in [0.29, 0.717) is 16.9 Å². The van der Waals surface area contributed by atoms with Gasteiger partial charge in [-0.15, -0.1) is 0 Å². The Bertz CT molecular complexity index is 680. The Labute approximate surface area is 123 Å². The smallest absolute Gasteiger partial charge is 0.221 e. The molecule has 0 heterocycles. The highest BCUT2D eigenvalue weighted by Crippen LogP contribution is 2.19. The average molecular weight is 280 g/mol. The summed E-state index contributed by atoms with van der Waals surface area (Å²) >= 11 is 0. The number of rotatable bonds is 4. The third-order valence-electron chi connectivity index (χ3n) is 2.85. The minimum absolute atomic E-state index is 0.184. The SMILES string of the molecule is CC(=O)Nc1ccc(NC(=N)c2ccccc2)cc1C=N. The lowest BCUT2D eigenvalue weighted by atomic mass is 10.1. The molecule has 21 heavy (non-hydrogen) atoms. The molecule has 0 atom stereocenters. The summed E-state index contributed by atoms with van der Waals surface area (Å²) in [5, 5.41) is 21.1. The number of hydrogen-bond acceptors (Lipinski definition) is 3. The van der Waals surface area contributed by atoms with Crippen LogP contribution in [0.1, 0.15) is 18.1 Å². The predicted octanol–water partition coefficient (Wildman–Crippen LogP) is 3.08. The molecule has 1 amide bonds. The zero-order valence-corrected chi connectivity index (χ0v) is 11.6. The number of carbonyl (C=O) groups is 1. The third kappa shape index (κ3) is 3.76. The molecular weight excluding hydrogens is 264 g/mol. The average Bonchev–Trinajstić information content (AvgIpc) is 2.49. The largest absolute Gasteiger partial charge is 0.340 e. The van der Waals surface area contributed by atoms with Gasteiger partial charge in [0.1, 0.15) is 5.84 Å². The fourth-order valence-corrected chi connectivity index (χ4v) is 1.88. The molecule has 0 aliphatic heterocycles. The lowest BCUT2D eigenvalue weighted by molar-refractivity contribution is -0.114. The van der Waals surface area contributed by atoms with Crippen molar-refractivity contribution in [3.05, 3.63) is 59.7 Å². The summed E-state index contributed by atoms with van der Waals surface area (Å²) in [6.45, 7) is 1.42. The molecule has 106 valence electrons. The first-order valence-electron chi connectivity index (χ1n) is 6.43. The number of anilines is 2. The van der Waals surface area contributed by atoms with Crippen LogP contribution >= 0.6 is 0 Å². The van der Waals surface area contributed by atoms with Gasteiger partial charge < -0.3 is 16.0 Å². The van der Waals surface area contributed by atoms with Crippen LogP contribution in [0.15, 0.2) is 48.5 Å². The minimum atomic E-state index is -0.184. The van der Waals surface area contributed by atoms with Crippen LogP contribution in [0.3, 0.4) is 0 Å². The van der Waals surface area contributed by atoms with E-state index in [0.717, 1.165) is 5.56 Å². The lowest BCUT2D eigenvalue weighted by Crippen LogP contribution is -2.13. The van der Waals surface area contributed by atoms with Gasteiger partial charge in [-0.1, -0.05) is 30.3 Å². The highest BCUT2D eigenvalue weighted by atomic mass is 16.1. The highest BCUT2D eigenvalue weighted by molar-refractivity contribution is 6.07. The maximum absolute atomic E-state index is 11.1. The molecule has 2 aromatic rings. The van der Waals surface area contributed by atoms with E-state index >= 15 is 0 Å². The van der Waals surface area contributed by atoms with E-state index in [-0.39, 0.29) is 11.7 Å². The molecule has 0 spiro atoms. The van der Waals surface area contributed by atoms with Crippen molar-refractivity contribution in [2.24, 2.45) is 0 Å². The molecule has 0 aromatic heterocycles. The van der Waals surface area contributed by atoms with E-state index in [1.165, 1.54) is 13.1 Å². The van der Waals surface area contributed by atoms with Gasteiger partial charge in [0.25, 0.3) is 0 Å². The summed E-state index contributed by atoms with van der Waals surface area (Å²) < 4.78 is 0. The fourth-order valence-electron chi connectivity index (χ4n) is 1.88. The first-order chi connectivity index (χ1) is 10.1. The van der Waals surface area contributed by atoms with Gasteiger partial charge in [-0.2, -0.15) is 0 Å². The van der Waals surface area contributed by atoms with Gasteiger partial charge in [-0.05, 0) is 18.2 Å². The van der Waals surface area contributed by atoms with Gasteiger partial charge in [-0.25, -0.2) is 0 Å². The van der Waals surface area contributed by atoms with E-state index in [2.05, 4.69) is 10.6 Å². The number of benzene rings is 2. The van der Waals surface area contributed by atoms with Gasteiger partial charge in [0.15, 0.2) is 0 Å². The highest BCUT2D eigenvalue weighted by Gasteiger charge is 2.06. The summed E-state index contributed by atoms with van der Waals surface area (Å²) in [6.07, 6.45) is 1.17. The van der Waals surface area contributed by atoms with Gasteiger partial charge >= 0.3 is 0 Å². The van der Waals surface area contributed by atoms with Crippen LogP contribution in [-0.2, 0) is 4.79 Å². The van der Waals surface area contributed by atoms with Crippen molar-refractivity contribution >= 4 is 29.3 Å². The van der Waals surface area contributed by atoms with Gasteiger partial charge in [0, 0.05) is 35.6 Å². The van der Waals surface area contributed by atoms with E-state index < -0.39 is 0 Å². The van der Waals surface area contributed by atoms with E-state index in [1.54, 1.807) is 18.2 Å². The van der Waals surface area contributed by atoms with Crippen LogP contribution in [0.25, 0.3) is 0 Å². The maximum atomic E-state index is 11.1. The zero-order chi connectivity index (χ0) is 15.2. The van der Waals surface area contributed by atoms with Crippen LogP contribution < -0.4 is 10.6 Å². The summed E-state index contributed by atoms with van der Waals surface area (Å²) in [5.41, 5.74) is 2.63. The topological polar surface area (TPSA) is 88.8 Å². The first-order valence-corrected chi connectivity index (χ1v) is 6.43. The van der Waals surface area contributed by atoms with Crippen molar-refractivity contribution < 1.29 is 4.79 Å². The molecule has 5 nitrogen and oxygen atoms in total. The van der Waals surface area contributed by atoms with E-state index in [1.807, 2.05) is 30.3 Å². The molecule has 0 fully saturated rings. The molecule has 5 heteroatoms. The summed E-state index contributed by atoms with van der Waals surface area (Å²) in [7, 11) is 0. The number of nitrogens with one attached hydrogen (secondary N) is 4. The molecule has 0 saturated heterocycles. The molecule has 0 radical (unpaired) electrons.